The smallest absolute Gasteiger partial charge is 0.292 e. The van der Waals surface area contributed by atoms with E-state index < -0.39 is 17.8 Å². The van der Waals surface area contributed by atoms with Crippen LogP contribution in [-0.4, -0.2) is 33.1 Å². The summed E-state index contributed by atoms with van der Waals surface area (Å²) in [6.45, 7) is 3.42. The van der Waals surface area contributed by atoms with Crippen LogP contribution in [0.25, 0.3) is 10.1 Å². The van der Waals surface area contributed by atoms with E-state index >= 15 is 0 Å². The van der Waals surface area contributed by atoms with Gasteiger partial charge in [-0.2, -0.15) is 5.10 Å². The van der Waals surface area contributed by atoms with Gasteiger partial charge in [0.2, 0.25) is 0 Å². The van der Waals surface area contributed by atoms with Crippen LogP contribution in [-0.2, 0) is 11.8 Å². The summed E-state index contributed by atoms with van der Waals surface area (Å²) in [4.78, 5) is 25.3. The third kappa shape index (κ3) is 3.33. The summed E-state index contributed by atoms with van der Waals surface area (Å²) in [6.07, 6.45) is -0.856. The molecule has 0 bridgehead atoms. The number of nitrogens with one attached hydrogen (secondary N) is 1. The molecule has 6 nitrogen and oxygen atoms in total. The minimum Gasteiger partial charge on any atom is -0.386 e. The van der Waals surface area contributed by atoms with Crippen LogP contribution in [0, 0.1) is 13.8 Å². The molecule has 0 saturated heterocycles. The van der Waals surface area contributed by atoms with Crippen LogP contribution in [0.1, 0.15) is 32.7 Å². The predicted octanol–water partition coefficient (Wildman–Crippen LogP) is 2.28. The number of amides is 1. The molecule has 0 aliphatic rings. The molecule has 0 spiro atoms. The normalized spacial score (nSPS) is 12.3. The molecule has 1 atom stereocenters. The summed E-state index contributed by atoms with van der Waals surface area (Å²) in [7, 11) is 1.72. The number of aliphatic hydroxyl groups excluding tert-OH is 1. The molecule has 1 amide bonds. The molecule has 1 aromatic carbocycles. The maximum atomic E-state index is 12.3. The second-order valence-corrected chi connectivity index (χ2v) is 7.03. The van der Waals surface area contributed by atoms with Crippen molar-refractivity contribution >= 4 is 33.1 Å². The molecule has 0 fully saturated rings. The van der Waals surface area contributed by atoms with Crippen LogP contribution in [0.15, 0.2) is 30.3 Å². The number of nitrogens with zero attached hydrogens (tertiary/aromatic N) is 2. The molecule has 2 heterocycles. The van der Waals surface area contributed by atoms with Crippen molar-refractivity contribution in [3.8, 4) is 0 Å². The standard InChI is InChI=1S/C18H19N3O3S/c1-10-16(11(2)21(3)20-10)17(23)18(24)19-9-13(22)15-8-12-6-4-5-7-14(12)25-15/h4-8,13,22H,9H2,1-3H3,(H,19,24)/t13-/m0/s1. The van der Waals surface area contributed by atoms with Crippen LogP contribution < -0.4 is 5.32 Å². The van der Waals surface area contributed by atoms with Crippen molar-refractivity contribution in [3.63, 3.8) is 0 Å². The zero-order chi connectivity index (χ0) is 18.1. The van der Waals surface area contributed by atoms with Crippen LogP contribution in [0.2, 0.25) is 0 Å². The van der Waals surface area contributed by atoms with Crippen LogP contribution in [0.3, 0.4) is 0 Å². The van der Waals surface area contributed by atoms with E-state index in [1.54, 1.807) is 25.6 Å². The van der Waals surface area contributed by atoms with Gasteiger partial charge in [-0.05, 0) is 31.4 Å². The van der Waals surface area contributed by atoms with Gasteiger partial charge in [0.1, 0.15) is 6.10 Å². The Morgan fingerprint density at radius 2 is 2.04 bits per heavy atom. The van der Waals surface area contributed by atoms with Gasteiger partial charge in [-0.15, -0.1) is 11.3 Å². The highest BCUT2D eigenvalue weighted by molar-refractivity contribution is 7.19. The number of thiophene rings is 1. The lowest BCUT2D eigenvalue weighted by atomic mass is 10.1. The minimum atomic E-state index is -0.856. The lowest BCUT2D eigenvalue weighted by molar-refractivity contribution is -0.117. The van der Waals surface area contributed by atoms with Crippen molar-refractivity contribution in [1.29, 1.82) is 0 Å². The number of aryl methyl sites for hydroxylation is 2. The lowest BCUT2D eigenvalue weighted by Crippen LogP contribution is -2.34. The number of Topliss-reactive ketones (excluding diaryl/α,β-unsaturated/α-hetero) is 1. The molecule has 2 aromatic heterocycles. The Hall–Kier alpha value is -2.51. The van der Waals surface area contributed by atoms with Crippen LogP contribution in [0.4, 0.5) is 0 Å². The summed E-state index contributed by atoms with van der Waals surface area (Å²) >= 11 is 1.47. The number of aliphatic hydroxyl groups is 1. The summed E-state index contributed by atoms with van der Waals surface area (Å²) < 4.78 is 2.64. The molecule has 0 aliphatic heterocycles. The number of fused-ring (bicyclic) bond motifs is 1. The van der Waals surface area contributed by atoms with Crippen molar-refractivity contribution in [2.45, 2.75) is 20.0 Å². The van der Waals surface area contributed by atoms with Gasteiger partial charge in [-0.1, -0.05) is 18.2 Å². The van der Waals surface area contributed by atoms with Gasteiger partial charge in [0.25, 0.3) is 11.7 Å². The summed E-state index contributed by atoms with van der Waals surface area (Å²) in [5, 5.41) is 18.0. The number of aromatic nitrogens is 2. The number of rotatable bonds is 5. The monoisotopic (exact) mass is 357 g/mol. The van der Waals surface area contributed by atoms with E-state index in [-0.39, 0.29) is 6.54 Å². The van der Waals surface area contributed by atoms with E-state index in [0.717, 1.165) is 15.0 Å². The Bertz CT molecular complexity index is 925. The van der Waals surface area contributed by atoms with Crippen LogP contribution in [0.5, 0.6) is 0 Å². The molecule has 3 aromatic rings. The van der Waals surface area contributed by atoms with Gasteiger partial charge in [0.15, 0.2) is 0 Å². The van der Waals surface area contributed by atoms with E-state index in [0.29, 0.717) is 17.0 Å². The van der Waals surface area contributed by atoms with Crippen molar-refractivity contribution in [3.05, 3.63) is 52.2 Å². The number of benzene rings is 1. The highest BCUT2D eigenvalue weighted by atomic mass is 32.1. The number of hydrogen-bond donors (Lipinski definition) is 2. The van der Waals surface area contributed by atoms with E-state index in [1.807, 2.05) is 30.3 Å². The second-order valence-electron chi connectivity index (χ2n) is 5.91. The summed E-state index contributed by atoms with van der Waals surface area (Å²) in [5.74, 6) is -1.37. The van der Waals surface area contributed by atoms with Gasteiger partial charge in [0, 0.05) is 28.9 Å². The molecular formula is C18H19N3O3S. The first-order valence-electron chi connectivity index (χ1n) is 7.87. The van der Waals surface area contributed by atoms with Gasteiger partial charge >= 0.3 is 0 Å². The highest BCUT2D eigenvalue weighted by Crippen LogP contribution is 2.29. The average Bonchev–Trinajstić information content (AvgIpc) is 3.13. The molecule has 25 heavy (non-hydrogen) atoms. The zero-order valence-corrected chi connectivity index (χ0v) is 15.1. The SMILES string of the molecule is Cc1nn(C)c(C)c1C(=O)C(=O)NC[C@H](O)c1cc2ccccc2s1. The molecule has 0 saturated carbocycles. The molecule has 0 radical (unpaired) electrons. The molecule has 2 N–H and O–H groups in total. The number of carbonyl (C=O) groups excluding carboxylic acids is 2. The Balaban J connectivity index is 1.68. The lowest BCUT2D eigenvalue weighted by Gasteiger charge is -2.09. The Morgan fingerprint density at radius 1 is 1.32 bits per heavy atom. The topological polar surface area (TPSA) is 84.2 Å². The van der Waals surface area contributed by atoms with E-state index in [9.17, 15) is 14.7 Å². The van der Waals surface area contributed by atoms with Gasteiger partial charge < -0.3 is 10.4 Å². The summed E-state index contributed by atoms with van der Waals surface area (Å²) in [5.41, 5.74) is 1.48. The Kier molecular flexibility index (Phi) is 4.69. The van der Waals surface area contributed by atoms with E-state index in [1.165, 1.54) is 11.3 Å². The fourth-order valence-corrected chi connectivity index (χ4v) is 3.80. The first kappa shape index (κ1) is 17.3. The fraction of sp³-hybridized carbons (Fsp3) is 0.278. The van der Waals surface area contributed by atoms with Crippen molar-refractivity contribution in [2.75, 3.05) is 6.54 Å². The van der Waals surface area contributed by atoms with Crippen molar-refractivity contribution in [1.82, 2.24) is 15.1 Å². The predicted molar refractivity (Wildman–Crippen MR) is 96.8 cm³/mol. The largest absolute Gasteiger partial charge is 0.386 e. The van der Waals surface area contributed by atoms with E-state index in [2.05, 4.69) is 10.4 Å². The van der Waals surface area contributed by atoms with Crippen molar-refractivity contribution < 1.29 is 14.7 Å². The van der Waals surface area contributed by atoms with Gasteiger partial charge in [-0.25, -0.2) is 0 Å². The first-order valence-corrected chi connectivity index (χ1v) is 8.69. The zero-order valence-electron chi connectivity index (χ0n) is 14.2. The molecule has 3 rings (SSSR count). The molecule has 0 unspecified atom stereocenters. The Morgan fingerprint density at radius 3 is 2.68 bits per heavy atom. The Labute approximate surface area is 149 Å². The maximum Gasteiger partial charge on any atom is 0.292 e. The maximum absolute atomic E-state index is 12.3. The molecule has 7 heteroatoms. The first-order chi connectivity index (χ1) is 11.9. The number of carbonyl (C=O) groups is 2. The highest BCUT2D eigenvalue weighted by Gasteiger charge is 2.24. The molecule has 130 valence electrons. The average molecular weight is 357 g/mol. The summed E-state index contributed by atoms with van der Waals surface area (Å²) in [6, 6.07) is 9.72. The van der Waals surface area contributed by atoms with Gasteiger partial charge in [-0.3, -0.25) is 14.3 Å². The molecule has 0 aliphatic carbocycles. The molecular weight excluding hydrogens is 338 g/mol. The quantitative estimate of drug-likeness (QED) is 0.542. The number of hydrogen-bond acceptors (Lipinski definition) is 5. The van der Waals surface area contributed by atoms with Crippen molar-refractivity contribution in [2.24, 2.45) is 7.05 Å². The van der Waals surface area contributed by atoms with Gasteiger partial charge in [0.05, 0.1) is 11.3 Å². The minimum absolute atomic E-state index is 0.0181. The third-order valence-electron chi connectivity index (χ3n) is 4.17. The fourth-order valence-electron chi connectivity index (χ4n) is 2.75. The van der Waals surface area contributed by atoms with E-state index in [4.69, 9.17) is 0 Å². The number of ketones is 1. The van der Waals surface area contributed by atoms with Crippen LogP contribution >= 0.6 is 11.3 Å². The second kappa shape index (κ2) is 6.78. The third-order valence-corrected chi connectivity index (χ3v) is 5.39.